The standard InChI is InChI=1S/C23H32FN7O/c1-15-11-16(2)22(31-29-10-9-26-4)20(12-15)23(32)30-17(3)13-19(25)7-8-27-21-6-5-18(24)14-28-21/h5-8,10,12,14,16-17,26,31H,9,11,13,25H2,1-4H3,(H,30,32)/b19-7-,27-8?,29-10-. The Bertz CT molecular complexity index is 932. The number of carbonyl (C=O) groups is 1. The normalized spacial score (nSPS) is 18.2. The van der Waals surface area contributed by atoms with E-state index in [0.29, 0.717) is 30.1 Å². The average molecular weight is 442 g/mol. The Balaban J connectivity index is 2.01. The molecule has 1 aromatic heterocycles. The molecule has 0 spiro atoms. The zero-order chi connectivity index (χ0) is 23.5. The molecular weight excluding hydrogens is 409 g/mol. The first-order valence-electron chi connectivity index (χ1n) is 10.5. The fourth-order valence-electron chi connectivity index (χ4n) is 3.27. The van der Waals surface area contributed by atoms with Gasteiger partial charge in [0, 0.05) is 48.7 Å². The number of aromatic nitrogens is 1. The molecule has 1 aromatic rings. The minimum Gasteiger partial charge on any atom is -0.402 e. The molecule has 0 saturated heterocycles. The van der Waals surface area contributed by atoms with Gasteiger partial charge in [-0.1, -0.05) is 12.5 Å². The molecule has 0 saturated carbocycles. The highest BCUT2D eigenvalue weighted by atomic mass is 19.1. The first-order valence-corrected chi connectivity index (χ1v) is 10.5. The third kappa shape index (κ3) is 8.07. The van der Waals surface area contributed by atoms with Gasteiger partial charge in [-0.15, -0.1) is 0 Å². The van der Waals surface area contributed by atoms with Crippen molar-refractivity contribution < 1.29 is 9.18 Å². The summed E-state index contributed by atoms with van der Waals surface area (Å²) in [5.74, 6) is -0.0512. The van der Waals surface area contributed by atoms with Crippen LogP contribution in [0, 0.1) is 11.7 Å². The number of halogens is 1. The quantitative estimate of drug-likeness (QED) is 0.329. The summed E-state index contributed by atoms with van der Waals surface area (Å²) >= 11 is 0. The Hall–Kier alpha value is -3.33. The highest BCUT2D eigenvalue weighted by molar-refractivity contribution is 5.97. The summed E-state index contributed by atoms with van der Waals surface area (Å²) in [6.45, 7) is 6.61. The minimum atomic E-state index is -0.417. The van der Waals surface area contributed by atoms with Crippen LogP contribution in [0.4, 0.5) is 10.2 Å². The molecule has 0 fully saturated rings. The molecule has 1 aliphatic rings. The van der Waals surface area contributed by atoms with Gasteiger partial charge >= 0.3 is 0 Å². The number of nitrogens with two attached hydrogens (primary N) is 1. The topological polar surface area (TPSA) is 117 Å². The number of amides is 1. The minimum absolute atomic E-state index is 0.157. The van der Waals surface area contributed by atoms with Gasteiger partial charge in [0.05, 0.1) is 11.8 Å². The van der Waals surface area contributed by atoms with Crippen LogP contribution in [0.15, 0.2) is 63.1 Å². The van der Waals surface area contributed by atoms with Crippen molar-refractivity contribution in [2.75, 3.05) is 13.6 Å². The fourth-order valence-corrected chi connectivity index (χ4v) is 3.27. The van der Waals surface area contributed by atoms with Crippen LogP contribution in [0.1, 0.15) is 33.6 Å². The van der Waals surface area contributed by atoms with Crippen molar-refractivity contribution in [3.8, 4) is 0 Å². The molecule has 0 aromatic carbocycles. The molecule has 0 radical (unpaired) electrons. The lowest BCUT2D eigenvalue weighted by atomic mass is 9.88. The Labute approximate surface area is 188 Å². The number of pyridine rings is 1. The van der Waals surface area contributed by atoms with Crippen molar-refractivity contribution in [1.82, 2.24) is 21.0 Å². The summed E-state index contributed by atoms with van der Waals surface area (Å²) in [5, 5.41) is 10.2. The third-order valence-corrected chi connectivity index (χ3v) is 4.74. The number of hydrogen-bond acceptors (Lipinski definition) is 7. The fraction of sp³-hybridized carbons (Fsp3) is 0.391. The summed E-state index contributed by atoms with van der Waals surface area (Å²) in [6.07, 6.45) is 9.19. The van der Waals surface area contributed by atoms with Gasteiger partial charge in [0.2, 0.25) is 0 Å². The van der Waals surface area contributed by atoms with Gasteiger partial charge in [-0.25, -0.2) is 14.4 Å². The lowest BCUT2D eigenvalue weighted by Gasteiger charge is -2.25. The summed E-state index contributed by atoms with van der Waals surface area (Å²) in [6, 6.07) is 2.57. The van der Waals surface area contributed by atoms with Gasteiger partial charge in [-0.05, 0) is 51.6 Å². The largest absolute Gasteiger partial charge is 0.402 e. The summed E-state index contributed by atoms with van der Waals surface area (Å²) < 4.78 is 12.9. The Morgan fingerprint density at radius 3 is 2.91 bits per heavy atom. The maximum atomic E-state index is 13.0. The Kier molecular flexibility index (Phi) is 9.75. The van der Waals surface area contributed by atoms with Crippen molar-refractivity contribution in [2.24, 2.45) is 21.7 Å². The smallest absolute Gasteiger partial charge is 0.253 e. The maximum absolute atomic E-state index is 13.0. The van der Waals surface area contributed by atoms with Crippen molar-refractivity contribution in [2.45, 2.75) is 39.7 Å². The first kappa shape index (κ1) is 24.9. The Morgan fingerprint density at radius 2 is 2.22 bits per heavy atom. The van der Waals surface area contributed by atoms with E-state index in [2.05, 4.69) is 38.1 Å². The van der Waals surface area contributed by atoms with Gasteiger partial charge in [0.1, 0.15) is 5.82 Å². The lowest BCUT2D eigenvalue weighted by molar-refractivity contribution is -0.117. The van der Waals surface area contributed by atoms with E-state index in [0.717, 1.165) is 23.9 Å². The number of nitrogens with zero attached hydrogens (tertiary/aromatic N) is 3. The van der Waals surface area contributed by atoms with E-state index in [1.807, 2.05) is 27.0 Å². The highest BCUT2D eigenvalue weighted by Gasteiger charge is 2.24. The van der Waals surface area contributed by atoms with E-state index in [-0.39, 0.29) is 17.9 Å². The Morgan fingerprint density at radius 1 is 1.44 bits per heavy atom. The molecule has 5 N–H and O–H groups in total. The number of hydrazone groups is 1. The van der Waals surface area contributed by atoms with Crippen LogP contribution in [-0.2, 0) is 4.79 Å². The number of hydrogen-bond donors (Lipinski definition) is 4. The van der Waals surface area contributed by atoms with E-state index < -0.39 is 5.82 Å². The van der Waals surface area contributed by atoms with Crippen LogP contribution in [0.25, 0.3) is 0 Å². The first-order chi connectivity index (χ1) is 15.3. The lowest BCUT2D eigenvalue weighted by Crippen LogP contribution is -2.36. The van der Waals surface area contributed by atoms with Gasteiger partial charge in [0.15, 0.2) is 5.82 Å². The number of rotatable bonds is 10. The molecule has 1 heterocycles. The molecule has 1 amide bonds. The second-order valence-corrected chi connectivity index (χ2v) is 7.84. The van der Waals surface area contributed by atoms with E-state index in [1.54, 1.807) is 12.3 Å². The van der Waals surface area contributed by atoms with Crippen molar-refractivity contribution in [3.05, 3.63) is 58.8 Å². The molecular formula is C23H32FN7O. The predicted octanol–water partition coefficient (Wildman–Crippen LogP) is 2.70. The summed E-state index contributed by atoms with van der Waals surface area (Å²) in [4.78, 5) is 20.9. The van der Waals surface area contributed by atoms with Crippen LogP contribution in [0.3, 0.4) is 0 Å². The molecule has 1 aliphatic carbocycles. The molecule has 172 valence electrons. The molecule has 2 rings (SSSR count). The summed E-state index contributed by atoms with van der Waals surface area (Å²) in [5.41, 5.74) is 12.2. The van der Waals surface area contributed by atoms with E-state index in [1.165, 1.54) is 18.3 Å². The zero-order valence-corrected chi connectivity index (χ0v) is 19.0. The second kappa shape index (κ2) is 12.5. The zero-order valence-electron chi connectivity index (χ0n) is 19.0. The highest BCUT2D eigenvalue weighted by Crippen LogP contribution is 2.28. The van der Waals surface area contributed by atoms with Crippen LogP contribution in [0.2, 0.25) is 0 Å². The SMILES string of the molecule is CNC/C=N\NC1=C(C(=O)NC(C)C/C(N)=C/C=Nc2ccc(F)cn2)C=C(C)CC1C. The van der Waals surface area contributed by atoms with Crippen molar-refractivity contribution in [3.63, 3.8) is 0 Å². The molecule has 0 aliphatic heterocycles. The number of carbonyl (C=O) groups excluding carboxylic acids is 1. The van der Waals surface area contributed by atoms with E-state index >= 15 is 0 Å². The van der Waals surface area contributed by atoms with Crippen LogP contribution in [0.5, 0.6) is 0 Å². The van der Waals surface area contributed by atoms with Crippen LogP contribution >= 0.6 is 0 Å². The van der Waals surface area contributed by atoms with Gasteiger partial charge in [-0.2, -0.15) is 5.10 Å². The maximum Gasteiger partial charge on any atom is 0.253 e. The molecule has 2 unspecified atom stereocenters. The number of allylic oxidation sites excluding steroid dienone is 3. The van der Waals surface area contributed by atoms with E-state index in [9.17, 15) is 9.18 Å². The van der Waals surface area contributed by atoms with E-state index in [4.69, 9.17) is 5.73 Å². The monoisotopic (exact) mass is 441 g/mol. The van der Waals surface area contributed by atoms with Crippen LogP contribution < -0.4 is 21.8 Å². The predicted molar refractivity (Wildman–Crippen MR) is 127 cm³/mol. The molecule has 9 heteroatoms. The molecule has 0 bridgehead atoms. The average Bonchev–Trinajstić information content (AvgIpc) is 2.73. The molecule has 8 nitrogen and oxygen atoms in total. The second-order valence-electron chi connectivity index (χ2n) is 7.84. The van der Waals surface area contributed by atoms with Crippen molar-refractivity contribution in [1.29, 1.82) is 0 Å². The van der Waals surface area contributed by atoms with Crippen LogP contribution in [-0.4, -0.2) is 43.0 Å². The van der Waals surface area contributed by atoms with Gasteiger partial charge in [-0.3, -0.25) is 10.2 Å². The molecule has 2 atom stereocenters. The number of aliphatic imine (C=N–C) groups is 1. The molecule has 32 heavy (non-hydrogen) atoms. The van der Waals surface area contributed by atoms with Gasteiger partial charge in [0.25, 0.3) is 5.91 Å². The van der Waals surface area contributed by atoms with Crippen molar-refractivity contribution >= 4 is 24.2 Å². The van der Waals surface area contributed by atoms with Gasteiger partial charge < -0.3 is 16.4 Å². The summed E-state index contributed by atoms with van der Waals surface area (Å²) in [7, 11) is 1.84. The number of nitrogens with one attached hydrogen (secondary N) is 3. The third-order valence-electron chi connectivity index (χ3n) is 4.74.